The van der Waals surface area contributed by atoms with Crippen LogP contribution in [0.25, 0.3) is 0 Å². The molecule has 0 radical (unpaired) electrons. The van der Waals surface area contributed by atoms with Gasteiger partial charge in [-0.2, -0.15) is 0 Å². The normalized spacial score (nSPS) is 12.2. The van der Waals surface area contributed by atoms with Gasteiger partial charge in [0.25, 0.3) is 5.91 Å². The van der Waals surface area contributed by atoms with Crippen molar-refractivity contribution in [2.24, 2.45) is 0 Å². The number of carbonyl (C=O) groups excluding carboxylic acids is 1. The van der Waals surface area contributed by atoms with E-state index in [0.29, 0.717) is 0 Å². The van der Waals surface area contributed by atoms with E-state index in [1.807, 2.05) is 0 Å². The van der Waals surface area contributed by atoms with Gasteiger partial charge >= 0.3 is 0 Å². The fourth-order valence-electron chi connectivity index (χ4n) is 1.23. The fourth-order valence-corrected chi connectivity index (χ4v) is 1.23. The summed E-state index contributed by atoms with van der Waals surface area (Å²) in [5, 5.41) is 11.5. The Balaban J connectivity index is 2.61. The Morgan fingerprint density at radius 3 is 2.88 bits per heavy atom. The Labute approximate surface area is 97.2 Å². The number of aliphatic hydroxyl groups excluding tert-OH is 1. The highest BCUT2D eigenvalue weighted by Crippen LogP contribution is 2.09. The first kappa shape index (κ1) is 13.5. The summed E-state index contributed by atoms with van der Waals surface area (Å²) >= 11 is 0. The lowest BCUT2D eigenvalue weighted by Gasteiger charge is -2.11. The van der Waals surface area contributed by atoms with Crippen LogP contribution >= 0.6 is 0 Å². The van der Waals surface area contributed by atoms with Gasteiger partial charge in [-0.1, -0.05) is 0 Å². The standard InChI is InChI=1S/C11H13F2NO3/c1-17-6-8(15)5-14-11(16)9-4-7(12)2-3-10(9)13/h2-4,8,15H,5-6H2,1H3,(H,14,16). The lowest BCUT2D eigenvalue weighted by atomic mass is 10.2. The van der Waals surface area contributed by atoms with Crippen LogP contribution in [-0.4, -0.2) is 37.4 Å². The first-order chi connectivity index (χ1) is 8.04. The van der Waals surface area contributed by atoms with Gasteiger partial charge in [-0.3, -0.25) is 4.79 Å². The number of rotatable bonds is 5. The van der Waals surface area contributed by atoms with Crippen LogP contribution in [0, 0.1) is 11.6 Å². The zero-order chi connectivity index (χ0) is 12.8. The molecule has 0 saturated heterocycles. The molecule has 2 N–H and O–H groups in total. The molecule has 0 aromatic heterocycles. The third kappa shape index (κ3) is 4.08. The Hall–Kier alpha value is -1.53. The summed E-state index contributed by atoms with van der Waals surface area (Å²) in [5.41, 5.74) is -0.394. The van der Waals surface area contributed by atoms with Gasteiger partial charge < -0.3 is 15.2 Å². The monoisotopic (exact) mass is 245 g/mol. The van der Waals surface area contributed by atoms with Crippen LogP contribution in [-0.2, 0) is 4.74 Å². The Morgan fingerprint density at radius 2 is 2.24 bits per heavy atom. The highest BCUT2D eigenvalue weighted by atomic mass is 19.1. The number of aliphatic hydroxyl groups is 1. The van der Waals surface area contributed by atoms with Crippen LogP contribution in [0.4, 0.5) is 8.78 Å². The van der Waals surface area contributed by atoms with Gasteiger partial charge in [0.2, 0.25) is 0 Å². The summed E-state index contributed by atoms with van der Waals surface area (Å²) in [4.78, 5) is 11.5. The highest BCUT2D eigenvalue weighted by molar-refractivity contribution is 5.94. The van der Waals surface area contributed by atoms with Gasteiger partial charge in [-0.15, -0.1) is 0 Å². The summed E-state index contributed by atoms with van der Waals surface area (Å²) in [6.45, 7) is -0.0471. The van der Waals surface area contributed by atoms with Crippen molar-refractivity contribution in [2.45, 2.75) is 6.10 Å². The molecule has 1 atom stereocenters. The van der Waals surface area contributed by atoms with Crippen LogP contribution in [0.1, 0.15) is 10.4 Å². The minimum Gasteiger partial charge on any atom is -0.389 e. The Kier molecular flexibility index (Phi) is 4.99. The molecule has 94 valence electrons. The SMILES string of the molecule is COCC(O)CNC(=O)c1cc(F)ccc1F. The number of nitrogens with one attached hydrogen (secondary N) is 1. The maximum atomic E-state index is 13.2. The van der Waals surface area contributed by atoms with Gasteiger partial charge in [-0.05, 0) is 18.2 Å². The second-order valence-electron chi connectivity index (χ2n) is 3.44. The van der Waals surface area contributed by atoms with E-state index in [1.165, 1.54) is 7.11 Å². The lowest BCUT2D eigenvalue weighted by molar-refractivity contribution is 0.0608. The second kappa shape index (κ2) is 6.27. The molecule has 0 aliphatic rings. The molecular formula is C11H13F2NO3. The molecule has 1 rings (SSSR count). The van der Waals surface area contributed by atoms with Crippen LogP contribution in [0.15, 0.2) is 18.2 Å². The largest absolute Gasteiger partial charge is 0.389 e. The number of halogens is 2. The summed E-state index contributed by atoms with van der Waals surface area (Å²) in [6.07, 6.45) is -0.888. The third-order valence-electron chi connectivity index (χ3n) is 2.03. The molecule has 1 aromatic carbocycles. The molecule has 1 amide bonds. The van der Waals surface area contributed by atoms with Gasteiger partial charge in [-0.25, -0.2) is 8.78 Å². The fraction of sp³-hybridized carbons (Fsp3) is 0.364. The number of hydrogen-bond donors (Lipinski definition) is 2. The lowest BCUT2D eigenvalue weighted by Crippen LogP contribution is -2.34. The Morgan fingerprint density at radius 1 is 1.53 bits per heavy atom. The average molecular weight is 245 g/mol. The maximum Gasteiger partial charge on any atom is 0.254 e. The van der Waals surface area contributed by atoms with Crippen molar-refractivity contribution in [3.63, 3.8) is 0 Å². The molecule has 1 unspecified atom stereocenters. The zero-order valence-electron chi connectivity index (χ0n) is 9.24. The van der Waals surface area contributed by atoms with E-state index in [2.05, 4.69) is 10.1 Å². The molecule has 0 bridgehead atoms. The summed E-state index contributed by atoms with van der Waals surface area (Å²) in [5.74, 6) is -2.30. The average Bonchev–Trinajstić information content (AvgIpc) is 2.29. The van der Waals surface area contributed by atoms with E-state index in [4.69, 9.17) is 0 Å². The molecule has 0 aliphatic heterocycles. The second-order valence-corrected chi connectivity index (χ2v) is 3.44. The molecular weight excluding hydrogens is 232 g/mol. The molecule has 1 aromatic rings. The summed E-state index contributed by atoms with van der Waals surface area (Å²) in [6, 6.07) is 2.59. The molecule has 6 heteroatoms. The first-order valence-electron chi connectivity index (χ1n) is 4.95. The summed E-state index contributed by atoms with van der Waals surface area (Å²) in [7, 11) is 1.40. The number of amides is 1. The van der Waals surface area contributed by atoms with E-state index in [1.54, 1.807) is 0 Å². The van der Waals surface area contributed by atoms with Crippen LogP contribution in [0.5, 0.6) is 0 Å². The molecule has 4 nitrogen and oxygen atoms in total. The quantitative estimate of drug-likeness (QED) is 0.803. The minimum absolute atomic E-state index is 0.0475. The predicted octanol–water partition coefficient (Wildman–Crippen LogP) is 0.702. The van der Waals surface area contributed by atoms with Gasteiger partial charge in [0.1, 0.15) is 11.6 Å². The van der Waals surface area contributed by atoms with E-state index >= 15 is 0 Å². The zero-order valence-corrected chi connectivity index (χ0v) is 9.24. The van der Waals surface area contributed by atoms with Crippen molar-refractivity contribution in [3.05, 3.63) is 35.4 Å². The molecule has 0 heterocycles. The minimum atomic E-state index is -0.888. The number of methoxy groups -OCH3 is 1. The smallest absolute Gasteiger partial charge is 0.254 e. The topological polar surface area (TPSA) is 58.6 Å². The van der Waals surface area contributed by atoms with E-state index in [-0.39, 0.29) is 13.2 Å². The molecule has 0 fully saturated rings. The van der Waals surface area contributed by atoms with Crippen molar-refractivity contribution >= 4 is 5.91 Å². The number of benzene rings is 1. The summed E-state index contributed by atoms with van der Waals surface area (Å²) < 4.78 is 30.6. The van der Waals surface area contributed by atoms with Crippen molar-refractivity contribution in [1.29, 1.82) is 0 Å². The highest BCUT2D eigenvalue weighted by Gasteiger charge is 2.13. The first-order valence-corrected chi connectivity index (χ1v) is 4.95. The van der Waals surface area contributed by atoms with E-state index in [0.717, 1.165) is 18.2 Å². The van der Waals surface area contributed by atoms with E-state index in [9.17, 15) is 18.7 Å². The van der Waals surface area contributed by atoms with Crippen molar-refractivity contribution in [2.75, 3.05) is 20.3 Å². The van der Waals surface area contributed by atoms with Crippen LogP contribution < -0.4 is 5.32 Å². The molecule has 0 aliphatic carbocycles. The predicted molar refractivity (Wildman–Crippen MR) is 56.6 cm³/mol. The number of carbonyl (C=O) groups is 1. The van der Waals surface area contributed by atoms with Crippen LogP contribution in [0.3, 0.4) is 0 Å². The van der Waals surface area contributed by atoms with Gasteiger partial charge in [0.05, 0.1) is 18.3 Å². The molecule has 0 saturated carbocycles. The number of hydrogen-bond acceptors (Lipinski definition) is 3. The van der Waals surface area contributed by atoms with Gasteiger partial charge in [0, 0.05) is 13.7 Å². The molecule has 0 spiro atoms. The van der Waals surface area contributed by atoms with Crippen molar-refractivity contribution in [3.8, 4) is 0 Å². The van der Waals surface area contributed by atoms with Crippen molar-refractivity contribution in [1.82, 2.24) is 5.32 Å². The van der Waals surface area contributed by atoms with Gasteiger partial charge in [0.15, 0.2) is 0 Å². The van der Waals surface area contributed by atoms with Crippen molar-refractivity contribution < 1.29 is 23.4 Å². The molecule has 17 heavy (non-hydrogen) atoms. The number of ether oxygens (including phenoxy) is 1. The van der Waals surface area contributed by atoms with E-state index < -0.39 is 29.2 Å². The van der Waals surface area contributed by atoms with Crippen LogP contribution in [0.2, 0.25) is 0 Å². The maximum absolute atomic E-state index is 13.2. The Bertz CT molecular complexity index is 398. The third-order valence-corrected chi connectivity index (χ3v) is 2.03.